The Labute approximate surface area is 147 Å². The highest BCUT2D eigenvalue weighted by Gasteiger charge is 2.50. The first-order chi connectivity index (χ1) is 12.1. The Morgan fingerprint density at radius 3 is 2.84 bits per heavy atom. The summed E-state index contributed by atoms with van der Waals surface area (Å²) in [6.07, 6.45) is 1.52. The highest BCUT2D eigenvalue weighted by atomic mass is 16.5. The van der Waals surface area contributed by atoms with Crippen LogP contribution in [0.1, 0.15) is 37.4 Å². The molecular formula is C20H22N2O3. The van der Waals surface area contributed by atoms with Gasteiger partial charge in [-0.25, -0.2) is 4.79 Å². The fourth-order valence-corrected chi connectivity index (χ4v) is 3.91. The molecule has 2 aliphatic rings. The lowest BCUT2D eigenvalue weighted by atomic mass is 9.89. The second kappa shape index (κ2) is 5.69. The quantitative estimate of drug-likeness (QED) is 0.919. The van der Waals surface area contributed by atoms with Crippen LogP contribution in [0, 0.1) is 0 Å². The van der Waals surface area contributed by atoms with Crippen LogP contribution in [0.4, 0.5) is 10.5 Å². The maximum absolute atomic E-state index is 12.9. The van der Waals surface area contributed by atoms with Gasteiger partial charge in [0.2, 0.25) is 0 Å². The monoisotopic (exact) mass is 338 g/mol. The summed E-state index contributed by atoms with van der Waals surface area (Å²) >= 11 is 0. The molecule has 2 aromatic rings. The Morgan fingerprint density at radius 1 is 1.28 bits per heavy atom. The van der Waals surface area contributed by atoms with Crippen LogP contribution in [0.2, 0.25) is 0 Å². The average molecular weight is 338 g/mol. The number of rotatable bonds is 3. The molecular weight excluding hydrogens is 316 g/mol. The number of fused-ring (bicyclic) bond motifs is 4. The first-order valence-corrected chi connectivity index (χ1v) is 8.62. The average Bonchev–Trinajstić information content (AvgIpc) is 2.61. The van der Waals surface area contributed by atoms with Crippen LogP contribution in [0.25, 0.3) is 0 Å². The number of nitrogens with zero attached hydrogens (tertiary/aromatic N) is 1. The van der Waals surface area contributed by atoms with Crippen molar-refractivity contribution in [3.8, 4) is 11.5 Å². The molecule has 0 radical (unpaired) electrons. The van der Waals surface area contributed by atoms with Crippen molar-refractivity contribution in [2.75, 3.05) is 12.0 Å². The van der Waals surface area contributed by atoms with E-state index in [1.165, 1.54) is 0 Å². The molecule has 25 heavy (non-hydrogen) atoms. The van der Waals surface area contributed by atoms with Crippen molar-refractivity contribution in [2.24, 2.45) is 0 Å². The number of anilines is 1. The number of amides is 2. The summed E-state index contributed by atoms with van der Waals surface area (Å²) < 4.78 is 11.9. The number of benzene rings is 2. The molecule has 1 fully saturated rings. The van der Waals surface area contributed by atoms with E-state index < -0.39 is 5.72 Å². The molecule has 2 atom stereocenters. The number of aryl methyl sites for hydroxylation is 1. The Morgan fingerprint density at radius 2 is 2.08 bits per heavy atom. The molecule has 4 rings (SSSR count). The normalized spacial score (nSPS) is 24.2. The molecule has 0 saturated carbocycles. The van der Waals surface area contributed by atoms with Crippen LogP contribution < -0.4 is 19.7 Å². The number of ether oxygens (including phenoxy) is 2. The lowest BCUT2D eigenvalue weighted by Gasteiger charge is -2.51. The summed E-state index contributed by atoms with van der Waals surface area (Å²) in [4.78, 5) is 14.7. The summed E-state index contributed by atoms with van der Waals surface area (Å²) in [5.74, 6) is 1.40. The SMILES string of the molecule is CCc1ccccc1N1C(=O)NC2CC1(C)Oc1c(OC)cccc12. The molecule has 2 heterocycles. The van der Waals surface area contributed by atoms with Gasteiger partial charge >= 0.3 is 6.03 Å². The van der Waals surface area contributed by atoms with Gasteiger partial charge in [-0.05, 0) is 31.0 Å². The molecule has 1 saturated heterocycles. The zero-order chi connectivity index (χ0) is 17.6. The van der Waals surface area contributed by atoms with Gasteiger partial charge in [-0.1, -0.05) is 37.3 Å². The van der Waals surface area contributed by atoms with E-state index in [2.05, 4.69) is 18.3 Å². The van der Waals surface area contributed by atoms with Gasteiger partial charge in [-0.3, -0.25) is 4.90 Å². The molecule has 5 nitrogen and oxygen atoms in total. The van der Waals surface area contributed by atoms with Crippen molar-refractivity contribution < 1.29 is 14.3 Å². The van der Waals surface area contributed by atoms with Crippen molar-refractivity contribution in [2.45, 2.75) is 38.5 Å². The maximum Gasteiger partial charge on any atom is 0.325 e. The zero-order valence-corrected chi connectivity index (χ0v) is 14.7. The summed E-state index contributed by atoms with van der Waals surface area (Å²) in [5.41, 5.74) is 2.21. The highest BCUT2D eigenvalue weighted by molar-refractivity contribution is 5.95. The first-order valence-electron chi connectivity index (χ1n) is 8.62. The highest BCUT2D eigenvalue weighted by Crippen LogP contribution is 2.49. The third-order valence-electron chi connectivity index (χ3n) is 5.10. The number of para-hydroxylation sites is 2. The summed E-state index contributed by atoms with van der Waals surface area (Å²) in [7, 11) is 1.63. The Balaban J connectivity index is 1.84. The van der Waals surface area contributed by atoms with Crippen LogP contribution >= 0.6 is 0 Å². The van der Waals surface area contributed by atoms with Gasteiger partial charge in [-0.2, -0.15) is 0 Å². The fourth-order valence-electron chi connectivity index (χ4n) is 3.91. The van der Waals surface area contributed by atoms with E-state index in [4.69, 9.17) is 9.47 Å². The van der Waals surface area contributed by atoms with Gasteiger partial charge in [0, 0.05) is 12.0 Å². The van der Waals surface area contributed by atoms with Gasteiger partial charge in [0.15, 0.2) is 17.2 Å². The molecule has 2 aliphatic heterocycles. The number of hydrogen-bond donors (Lipinski definition) is 1. The smallest absolute Gasteiger partial charge is 0.325 e. The van der Waals surface area contributed by atoms with E-state index in [1.807, 2.05) is 43.3 Å². The molecule has 2 unspecified atom stereocenters. The number of hydrogen-bond acceptors (Lipinski definition) is 3. The van der Waals surface area contributed by atoms with Crippen molar-refractivity contribution in [3.05, 3.63) is 53.6 Å². The van der Waals surface area contributed by atoms with E-state index in [-0.39, 0.29) is 12.1 Å². The van der Waals surface area contributed by atoms with Crippen LogP contribution in [-0.2, 0) is 6.42 Å². The third kappa shape index (κ3) is 2.34. The van der Waals surface area contributed by atoms with Crippen molar-refractivity contribution in [3.63, 3.8) is 0 Å². The number of urea groups is 1. The van der Waals surface area contributed by atoms with Gasteiger partial charge in [0.05, 0.1) is 18.8 Å². The second-order valence-corrected chi connectivity index (χ2v) is 6.68. The van der Waals surface area contributed by atoms with E-state index in [0.717, 1.165) is 23.2 Å². The molecule has 1 N–H and O–H groups in total. The summed E-state index contributed by atoms with van der Waals surface area (Å²) in [6, 6.07) is 13.6. The molecule has 2 amide bonds. The molecule has 130 valence electrons. The molecule has 0 aliphatic carbocycles. The fraction of sp³-hybridized carbons (Fsp3) is 0.350. The maximum atomic E-state index is 12.9. The summed E-state index contributed by atoms with van der Waals surface area (Å²) in [5, 5.41) is 3.13. The summed E-state index contributed by atoms with van der Waals surface area (Å²) in [6.45, 7) is 4.06. The molecule has 2 aromatic carbocycles. The van der Waals surface area contributed by atoms with E-state index >= 15 is 0 Å². The number of carbonyl (C=O) groups excluding carboxylic acids is 1. The topological polar surface area (TPSA) is 50.8 Å². The predicted molar refractivity (Wildman–Crippen MR) is 96.2 cm³/mol. The molecule has 0 spiro atoms. The van der Waals surface area contributed by atoms with Crippen LogP contribution in [-0.4, -0.2) is 18.9 Å². The largest absolute Gasteiger partial charge is 0.493 e. The Kier molecular flexibility index (Phi) is 3.60. The lowest BCUT2D eigenvalue weighted by Crippen LogP contribution is -2.65. The van der Waals surface area contributed by atoms with Crippen LogP contribution in [0.5, 0.6) is 11.5 Å². The van der Waals surface area contributed by atoms with Crippen LogP contribution in [0.3, 0.4) is 0 Å². The molecule has 5 heteroatoms. The predicted octanol–water partition coefficient (Wildman–Crippen LogP) is 4.03. The standard InChI is InChI=1S/C20H22N2O3/c1-4-13-8-5-6-10-16(13)22-19(23)21-15-12-20(22,2)25-18-14(15)9-7-11-17(18)24-3/h5-11,15H,4,12H2,1-3H3,(H,21,23). The number of methoxy groups -OCH3 is 1. The van der Waals surface area contributed by atoms with E-state index in [1.54, 1.807) is 12.0 Å². The van der Waals surface area contributed by atoms with E-state index in [0.29, 0.717) is 17.9 Å². The number of nitrogens with one attached hydrogen (secondary N) is 1. The minimum Gasteiger partial charge on any atom is -0.493 e. The Hall–Kier alpha value is -2.69. The second-order valence-electron chi connectivity index (χ2n) is 6.68. The van der Waals surface area contributed by atoms with Gasteiger partial charge in [0.1, 0.15) is 0 Å². The zero-order valence-electron chi connectivity index (χ0n) is 14.7. The minimum atomic E-state index is -0.764. The van der Waals surface area contributed by atoms with Gasteiger partial charge < -0.3 is 14.8 Å². The lowest BCUT2D eigenvalue weighted by molar-refractivity contribution is 0.0348. The number of carbonyl (C=O) groups is 1. The minimum absolute atomic E-state index is 0.0820. The first kappa shape index (κ1) is 15.8. The Bertz CT molecular complexity index is 835. The van der Waals surface area contributed by atoms with Gasteiger partial charge in [0.25, 0.3) is 0 Å². The molecule has 2 bridgehead atoms. The van der Waals surface area contributed by atoms with Crippen molar-refractivity contribution in [1.29, 1.82) is 0 Å². The molecule has 0 aromatic heterocycles. The third-order valence-corrected chi connectivity index (χ3v) is 5.10. The van der Waals surface area contributed by atoms with Crippen molar-refractivity contribution in [1.82, 2.24) is 5.32 Å². The van der Waals surface area contributed by atoms with Crippen molar-refractivity contribution >= 4 is 11.7 Å². The van der Waals surface area contributed by atoms with Gasteiger partial charge in [-0.15, -0.1) is 0 Å². The van der Waals surface area contributed by atoms with E-state index in [9.17, 15) is 4.79 Å². The van der Waals surface area contributed by atoms with Crippen LogP contribution in [0.15, 0.2) is 42.5 Å².